The third-order valence-electron chi connectivity index (χ3n) is 5.96. The van der Waals surface area contributed by atoms with Gasteiger partial charge in [0.2, 0.25) is 11.8 Å². The minimum Gasteiger partial charge on any atom is -0.467 e. The summed E-state index contributed by atoms with van der Waals surface area (Å²) in [6.45, 7) is 0.900. The highest BCUT2D eigenvalue weighted by molar-refractivity contribution is 5.90. The van der Waals surface area contributed by atoms with E-state index < -0.39 is 30.1 Å². The van der Waals surface area contributed by atoms with Crippen molar-refractivity contribution in [2.24, 2.45) is 11.3 Å². The van der Waals surface area contributed by atoms with Gasteiger partial charge in [-0.25, -0.2) is 9.59 Å². The van der Waals surface area contributed by atoms with Gasteiger partial charge in [0.15, 0.2) is 0 Å². The summed E-state index contributed by atoms with van der Waals surface area (Å²) < 4.78 is 4.75. The van der Waals surface area contributed by atoms with Crippen molar-refractivity contribution in [3.05, 3.63) is 0 Å². The molecule has 1 saturated carbocycles. The van der Waals surface area contributed by atoms with Crippen molar-refractivity contribution in [1.82, 2.24) is 15.5 Å². The summed E-state index contributed by atoms with van der Waals surface area (Å²) in [5, 5.41) is 14.8. The van der Waals surface area contributed by atoms with Gasteiger partial charge < -0.3 is 20.5 Å². The number of ether oxygens (including phenoxy) is 1. The van der Waals surface area contributed by atoms with E-state index in [1.807, 2.05) is 0 Å². The minimum absolute atomic E-state index is 0.105. The molecule has 2 saturated heterocycles. The van der Waals surface area contributed by atoms with Crippen molar-refractivity contribution in [1.29, 1.82) is 0 Å². The van der Waals surface area contributed by atoms with Crippen LogP contribution in [0.4, 0.5) is 4.79 Å². The molecule has 1 aliphatic carbocycles. The molecule has 3 fully saturated rings. The molecule has 3 N–H and O–H groups in total. The molecule has 3 atom stereocenters. The Hall–Kier alpha value is -2.32. The first kappa shape index (κ1) is 18.5. The number of carbonyl (C=O) groups excluding carboxylic acids is 3. The van der Waals surface area contributed by atoms with Crippen LogP contribution in [-0.2, 0) is 19.1 Å². The average Bonchev–Trinajstić information content (AvgIpc) is 3.17. The third kappa shape index (κ3) is 3.47. The molecule has 3 aliphatic rings. The molecule has 9 heteroatoms. The van der Waals surface area contributed by atoms with Gasteiger partial charge in [-0.2, -0.15) is 0 Å². The molecule has 3 amide bonds. The lowest BCUT2D eigenvalue weighted by atomic mass is 9.67. The molecule has 3 rings (SSSR count). The number of methoxy groups -OCH3 is 1. The van der Waals surface area contributed by atoms with Crippen LogP contribution in [0.25, 0.3) is 0 Å². The second kappa shape index (κ2) is 7.13. The number of amides is 3. The van der Waals surface area contributed by atoms with E-state index in [4.69, 9.17) is 4.74 Å². The van der Waals surface area contributed by atoms with Crippen LogP contribution >= 0.6 is 0 Å². The van der Waals surface area contributed by atoms with Crippen molar-refractivity contribution in [2.45, 2.75) is 50.6 Å². The second-order valence-electron chi connectivity index (χ2n) is 7.58. The lowest BCUT2D eigenvalue weighted by Gasteiger charge is -2.37. The molecule has 2 heterocycles. The zero-order valence-electron chi connectivity index (χ0n) is 14.8. The Balaban J connectivity index is 1.68. The zero-order chi connectivity index (χ0) is 18.9. The minimum atomic E-state index is -1.13. The SMILES string of the molecule is COC(=O)[C@H](C[C@@H]1CCNC1=O)NC(=O)[C@@H]1CC2(CCC2)CN1C(=O)O. The van der Waals surface area contributed by atoms with Gasteiger partial charge in [0, 0.05) is 19.0 Å². The summed E-state index contributed by atoms with van der Waals surface area (Å²) in [5.41, 5.74) is -0.105. The van der Waals surface area contributed by atoms with Crippen molar-refractivity contribution < 1.29 is 29.0 Å². The summed E-state index contributed by atoms with van der Waals surface area (Å²) >= 11 is 0. The Labute approximate surface area is 151 Å². The number of esters is 1. The van der Waals surface area contributed by atoms with E-state index in [1.54, 1.807) is 0 Å². The molecule has 0 aromatic heterocycles. The maximum absolute atomic E-state index is 12.7. The van der Waals surface area contributed by atoms with E-state index in [-0.39, 0.29) is 23.7 Å². The van der Waals surface area contributed by atoms with Crippen molar-refractivity contribution in [3.8, 4) is 0 Å². The molecule has 0 unspecified atom stereocenters. The van der Waals surface area contributed by atoms with Crippen LogP contribution in [0.5, 0.6) is 0 Å². The number of carbonyl (C=O) groups is 4. The van der Waals surface area contributed by atoms with Crippen LogP contribution in [0.15, 0.2) is 0 Å². The molecule has 9 nitrogen and oxygen atoms in total. The van der Waals surface area contributed by atoms with E-state index in [0.717, 1.165) is 19.3 Å². The predicted molar refractivity (Wildman–Crippen MR) is 89.1 cm³/mol. The monoisotopic (exact) mass is 367 g/mol. The maximum Gasteiger partial charge on any atom is 0.407 e. The molecule has 1 spiro atoms. The molecular formula is C17H25N3O6. The van der Waals surface area contributed by atoms with Crippen LogP contribution in [0.2, 0.25) is 0 Å². The second-order valence-corrected chi connectivity index (χ2v) is 7.58. The van der Waals surface area contributed by atoms with E-state index in [1.165, 1.54) is 12.0 Å². The van der Waals surface area contributed by atoms with Crippen LogP contribution in [0, 0.1) is 11.3 Å². The topological polar surface area (TPSA) is 125 Å². The molecular weight excluding hydrogens is 342 g/mol. The van der Waals surface area contributed by atoms with Crippen molar-refractivity contribution >= 4 is 23.9 Å². The van der Waals surface area contributed by atoms with Crippen molar-refractivity contribution in [3.63, 3.8) is 0 Å². The van der Waals surface area contributed by atoms with E-state index in [2.05, 4.69) is 10.6 Å². The van der Waals surface area contributed by atoms with Gasteiger partial charge in [-0.05, 0) is 37.5 Å². The van der Waals surface area contributed by atoms with Gasteiger partial charge in [0.1, 0.15) is 12.1 Å². The molecule has 144 valence electrons. The van der Waals surface area contributed by atoms with Crippen LogP contribution in [0.1, 0.15) is 38.5 Å². The van der Waals surface area contributed by atoms with E-state index in [0.29, 0.717) is 25.9 Å². The third-order valence-corrected chi connectivity index (χ3v) is 5.96. The normalized spacial score (nSPS) is 27.6. The van der Waals surface area contributed by atoms with Gasteiger partial charge >= 0.3 is 12.1 Å². The molecule has 0 aromatic rings. The van der Waals surface area contributed by atoms with Crippen LogP contribution in [-0.4, -0.2) is 66.2 Å². The summed E-state index contributed by atoms with van der Waals surface area (Å²) in [6.07, 6.45) is 2.97. The summed E-state index contributed by atoms with van der Waals surface area (Å²) in [5.74, 6) is -1.63. The lowest BCUT2D eigenvalue weighted by molar-refractivity contribution is -0.146. The van der Waals surface area contributed by atoms with Crippen molar-refractivity contribution in [2.75, 3.05) is 20.2 Å². The highest BCUT2D eigenvalue weighted by Crippen LogP contribution is 2.50. The first-order chi connectivity index (χ1) is 12.3. The summed E-state index contributed by atoms with van der Waals surface area (Å²) in [7, 11) is 1.22. The quantitative estimate of drug-likeness (QED) is 0.592. The fourth-order valence-electron chi connectivity index (χ4n) is 4.31. The Morgan fingerprint density at radius 2 is 2.15 bits per heavy atom. The molecule has 26 heavy (non-hydrogen) atoms. The molecule has 0 aromatic carbocycles. The van der Waals surface area contributed by atoms with Gasteiger partial charge in [0.05, 0.1) is 7.11 Å². The van der Waals surface area contributed by atoms with Gasteiger partial charge in [0.25, 0.3) is 0 Å². The largest absolute Gasteiger partial charge is 0.467 e. The Morgan fingerprint density at radius 1 is 1.42 bits per heavy atom. The molecule has 0 bridgehead atoms. The number of hydrogen-bond donors (Lipinski definition) is 3. The first-order valence-electron chi connectivity index (χ1n) is 9.01. The fourth-order valence-corrected chi connectivity index (χ4v) is 4.31. The Morgan fingerprint density at radius 3 is 2.65 bits per heavy atom. The van der Waals surface area contributed by atoms with Gasteiger partial charge in [-0.3, -0.25) is 14.5 Å². The first-order valence-corrected chi connectivity index (χ1v) is 9.01. The zero-order valence-corrected chi connectivity index (χ0v) is 14.8. The highest BCUT2D eigenvalue weighted by atomic mass is 16.5. The maximum atomic E-state index is 12.7. The molecule has 2 aliphatic heterocycles. The number of carboxylic acid groups (broad SMARTS) is 1. The van der Waals surface area contributed by atoms with Gasteiger partial charge in [-0.1, -0.05) is 6.42 Å². The summed E-state index contributed by atoms with van der Waals surface area (Å²) in [4.78, 5) is 49.3. The highest BCUT2D eigenvalue weighted by Gasteiger charge is 2.52. The lowest BCUT2D eigenvalue weighted by Crippen LogP contribution is -2.51. The number of hydrogen-bond acceptors (Lipinski definition) is 5. The van der Waals surface area contributed by atoms with E-state index in [9.17, 15) is 24.3 Å². The van der Waals surface area contributed by atoms with Gasteiger partial charge in [-0.15, -0.1) is 0 Å². The Kier molecular flexibility index (Phi) is 5.06. The number of likely N-dealkylation sites (tertiary alicyclic amines) is 1. The average molecular weight is 367 g/mol. The smallest absolute Gasteiger partial charge is 0.407 e. The fraction of sp³-hybridized carbons (Fsp3) is 0.765. The van der Waals surface area contributed by atoms with Crippen LogP contribution in [0.3, 0.4) is 0 Å². The molecule has 0 radical (unpaired) electrons. The standard InChI is InChI=1S/C17H25N3O6/c1-26-15(23)11(7-10-3-6-18-13(10)21)19-14(22)12-8-17(4-2-5-17)9-20(12)16(24)25/h10-12H,2-9H2,1H3,(H,18,21)(H,19,22)(H,24,25)/t10-,11-,12-/m0/s1. The number of nitrogens with one attached hydrogen (secondary N) is 2. The van der Waals surface area contributed by atoms with Crippen LogP contribution < -0.4 is 10.6 Å². The summed E-state index contributed by atoms with van der Waals surface area (Å²) in [6, 6.07) is -1.77. The Bertz CT molecular complexity index is 618. The number of rotatable bonds is 5. The number of nitrogens with zero attached hydrogens (tertiary/aromatic N) is 1. The van der Waals surface area contributed by atoms with E-state index >= 15 is 0 Å². The predicted octanol–water partition coefficient (Wildman–Crippen LogP) is 0.0930.